The molecule has 0 amide bonds. The van der Waals surface area contributed by atoms with Crippen LogP contribution in [-0.4, -0.2) is 37.1 Å². The van der Waals surface area contributed by atoms with E-state index in [1.165, 1.54) is 77.5 Å². The van der Waals surface area contributed by atoms with Gasteiger partial charge >= 0.3 is 0 Å². The van der Waals surface area contributed by atoms with Gasteiger partial charge in [-0.1, -0.05) is 12.8 Å². The molecule has 2 aliphatic carbocycles. The average molecular weight is 236 g/mol. The Morgan fingerprint density at radius 1 is 0.765 bits per heavy atom. The second-order valence-corrected chi connectivity index (χ2v) is 6.53. The Bertz CT molecular complexity index is 225. The number of hydrogen-bond acceptors (Lipinski definition) is 2. The van der Waals surface area contributed by atoms with Gasteiger partial charge in [0, 0.05) is 19.1 Å². The molecule has 17 heavy (non-hydrogen) atoms. The summed E-state index contributed by atoms with van der Waals surface area (Å²) in [7, 11) is 0. The molecule has 1 saturated heterocycles. The maximum atomic E-state index is 3.49. The van der Waals surface area contributed by atoms with Gasteiger partial charge in [0.15, 0.2) is 0 Å². The van der Waals surface area contributed by atoms with Crippen LogP contribution in [0.15, 0.2) is 0 Å². The molecule has 0 spiro atoms. The van der Waals surface area contributed by atoms with Crippen LogP contribution in [0.1, 0.15) is 51.4 Å². The summed E-state index contributed by atoms with van der Waals surface area (Å²) in [6, 6.07) is 0.977. The Kier molecular flexibility index (Phi) is 4.02. The van der Waals surface area contributed by atoms with Crippen LogP contribution in [0.3, 0.4) is 0 Å². The van der Waals surface area contributed by atoms with Crippen LogP contribution >= 0.6 is 0 Å². The molecule has 1 heterocycles. The molecule has 0 aromatic heterocycles. The largest absolute Gasteiger partial charge is 0.317 e. The molecular formula is C15H28N2. The lowest BCUT2D eigenvalue weighted by Gasteiger charge is -2.31. The minimum atomic E-state index is 0.977. The highest BCUT2D eigenvalue weighted by Gasteiger charge is 2.32. The van der Waals surface area contributed by atoms with Gasteiger partial charge in [-0.05, 0) is 63.5 Å². The van der Waals surface area contributed by atoms with Crippen LogP contribution in [0, 0.1) is 11.8 Å². The highest BCUT2D eigenvalue weighted by molar-refractivity contribution is 4.88. The molecule has 0 aromatic carbocycles. The third kappa shape index (κ3) is 3.45. The number of rotatable bonds is 5. The number of nitrogens with one attached hydrogen (secondary N) is 1. The zero-order valence-corrected chi connectivity index (χ0v) is 11.2. The first-order valence-electron chi connectivity index (χ1n) is 7.86. The second-order valence-electron chi connectivity index (χ2n) is 6.53. The molecule has 0 aromatic rings. The van der Waals surface area contributed by atoms with Crippen molar-refractivity contribution in [1.29, 1.82) is 0 Å². The fourth-order valence-electron chi connectivity index (χ4n) is 3.73. The van der Waals surface area contributed by atoms with Gasteiger partial charge < -0.3 is 5.32 Å². The lowest BCUT2D eigenvalue weighted by atomic mass is 9.96. The summed E-state index contributed by atoms with van der Waals surface area (Å²) in [5.41, 5.74) is 0. The molecule has 1 aliphatic heterocycles. The van der Waals surface area contributed by atoms with Crippen LogP contribution in [0.5, 0.6) is 0 Å². The van der Waals surface area contributed by atoms with Gasteiger partial charge in [-0.15, -0.1) is 0 Å². The first-order chi connectivity index (χ1) is 8.42. The van der Waals surface area contributed by atoms with E-state index in [1.54, 1.807) is 0 Å². The SMILES string of the molecule is C1CCC(CN(CC2CCNCC2)C2CC2)C1. The molecule has 0 atom stereocenters. The smallest absolute Gasteiger partial charge is 0.00966 e. The van der Waals surface area contributed by atoms with Crippen LogP contribution < -0.4 is 5.32 Å². The van der Waals surface area contributed by atoms with Gasteiger partial charge in [-0.2, -0.15) is 0 Å². The van der Waals surface area contributed by atoms with Gasteiger partial charge in [-0.3, -0.25) is 4.90 Å². The maximum Gasteiger partial charge on any atom is 0.00966 e. The van der Waals surface area contributed by atoms with Crippen LogP contribution in [0.2, 0.25) is 0 Å². The van der Waals surface area contributed by atoms with Crippen molar-refractivity contribution in [3.05, 3.63) is 0 Å². The van der Waals surface area contributed by atoms with Gasteiger partial charge in [-0.25, -0.2) is 0 Å². The molecule has 98 valence electrons. The summed E-state index contributed by atoms with van der Waals surface area (Å²) in [6.45, 7) is 5.34. The third-order valence-corrected chi connectivity index (χ3v) is 4.98. The Morgan fingerprint density at radius 3 is 1.94 bits per heavy atom. The molecule has 3 aliphatic rings. The van der Waals surface area contributed by atoms with Gasteiger partial charge in [0.25, 0.3) is 0 Å². The van der Waals surface area contributed by atoms with Gasteiger partial charge in [0.05, 0.1) is 0 Å². The van der Waals surface area contributed by atoms with Crippen molar-refractivity contribution in [2.75, 3.05) is 26.2 Å². The quantitative estimate of drug-likeness (QED) is 0.789. The maximum absolute atomic E-state index is 3.49. The van der Waals surface area contributed by atoms with Crippen LogP contribution in [0.4, 0.5) is 0 Å². The number of nitrogens with zero attached hydrogens (tertiary/aromatic N) is 1. The predicted molar refractivity (Wildman–Crippen MR) is 72.1 cm³/mol. The first kappa shape index (κ1) is 12.0. The molecule has 3 fully saturated rings. The molecule has 2 heteroatoms. The lowest BCUT2D eigenvalue weighted by Crippen LogP contribution is -2.39. The third-order valence-electron chi connectivity index (χ3n) is 4.98. The molecule has 0 bridgehead atoms. The van der Waals surface area contributed by atoms with E-state index in [9.17, 15) is 0 Å². The van der Waals surface area contributed by atoms with E-state index in [2.05, 4.69) is 10.2 Å². The predicted octanol–water partition coefficient (Wildman–Crippen LogP) is 2.64. The number of hydrogen-bond donors (Lipinski definition) is 1. The fraction of sp³-hybridized carbons (Fsp3) is 1.00. The molecule has 0 radical (unpaired) electrons. The summed E-state index contributed by atoms with van der Waals surface area (Å²) in [5.74, 6) is 2.02. The summed E-state index contributed by atoms with van der Waals surface area (Å²) < 4.78 is 0. The van der Waals surface area contributed by atoms with Gasteiger partial charge in [0.2, 0.25) is 0 Å². The Morgan fingerprint density at radius 2 is 1.35 bits per heavy atom. The minimum absolute atomic E-state index is 0.977. The van der Waals surface area contributed by atoms with E-state index < -0.39 is 0 Å². The monoisotopic (exact) mass is 236 g/mol. The van der Waals surface area contributed by atoms with E-state index in [0.717, 1.165) is 17.9 Å². The molecule has 2 nitrogen and oxygen atoms in total. The van der Waals surface area contributed by atoms with Crippen molar-refractivity contribution in [3.8, 4) is 0 Å². The second kappa shape index (κ2) is 5.71. The van der Waals surface area contributed by atoms with Crippen molar-refractivity contribution < 1.29 is 0 Å². The summed E-state index contributed by atoms with van der Waals surface area (Å²) in [5, 5.41) is 3.49. The standard InChI is InChI=1S/C15H28N2/c1-2-4-13(3-1)11-17(15-5-6-15)12-14-7-9-16-10-8-14/h13-16H,1-12H2. The fourth-order valence-corrected chi connectivity index (χ4v) is 3.73. The normalized spacial score (nSPS) is 28.1. The topological polar surface area (TPSA) is 15.3 Å². The van der Waals surface area contributed by atoms with Gasteiger partial charge in [0.1, 0.15) is 0 Å². The average Bonchev–Trinajstić information content (AvgIpc) is 3.09. The van der Waals surface area contributed by atoms with E-state index in [0.29, 0.717) is 0 Å². The summed E-state index contributed by atoms with van der Waals surface area (Å²) in [6.07, 6.45) is 11.8. The highest BCUT2D eigenvalue weighted by Crippen LogP contribution is 2.33. The van der Waals surface area contributed by atoms with E-state index >= 15 is 0 Å². The summed E-state index contributed by atoms with van der Waals surface area (Å²) >= 11 is 0. The Balaban J connectivity index is 1.48. The van der Waals surface area contributed by atoms with Crippen molar-refractivity contribution in [2.45, 2.75) is 57.4 Å². The lowest BCUT2D eigenvalue weighted by molar-refractivity contribution is 0.172. The zero-order valence-electron chi connectivity index (χ0n) is 11.2. The van der Waals surface area contributed by atoms with Crippen molar-refractivity contribution in [3.63, 3.8) is 0 Å². The van der Waals surface area contributed by atoms with Crippen molar-refractivity contribution in [2.24, 2.45) is 11.8 Å². The first-order valence-corrected chi connectivity index (χ1v) is 7.86. The molecule has 1 N–H and O–H groups in total. The van der Waals surface area contributed by atoms with E-state index in [-0.39, 0.29) is 0 Å². The van der Waals surface area contributed by atoms with Crippen molar-refractivity contribution >= 4 is 0 Å². The molecular weight excluding hydrogens is 208 g/mol. The molecule has 3 rings (SSSR count). The Labute approximate surface area is 106 Å². The minimum Gasteiger partial charge on any atom is -0.317 e. The zero-order chi connectivity index (χ0) is 11.5. The number of piperidine rings is 1. The van der Waals surface area contributed by atoms with Crippen LogP contribution in [0.25, 0.3) is 0 Å². The van der Waals surface area contributed by atoms with Crippen LogP contribution in [-0.2, 0) is 0 Å². The summed E-state index contributed by atoms with van der Waals surface area (Å²) in [4.78, 5) is 2.87. The molecule has 2 saturated carbocycles. The molecule has 0 unspecified atom stereocenters. The van der Waals surface area contributed by atoms with E-state index in [1.807, 2.05) is 0 Å². The Hall–Kier alpha value is -0.0800. The van der Waals surface area contributed by atoms with E-state index in [4.69, 9.17) is 0 Å². The van der Waals surface area contributed by atoms with Crippen molar-refractivity contribution in [1.82, 2.24) is 10.2 Å². The highest BCUT2D eigenvalue weighted by atomic mass is 15.2.